The van der Waals surface area contributed by atoms with E-state index in [4.69, 9.17) is 4.74 Å². The zero-order valence-electron chi connectivity index (χ0n) is 10.1. The molecule has 0 aliphatic rings. The number of benzene rings is 1. The molecule has 0 aliphatic heterocycles. The lowest BCUT2D eigenvalue weighted by Gasteiger charge is -2.10. The maximum atomic E-state index is 11.1. The van der Waals surface area contributed by atoms with E-state index in [2.05, 4.69) is 15.5 Å². The van der Waals surface area contributed by atoms with Gasteiger partial charge in [0.05, 0.1) is 18.5 Å². The van der Waals surface area contributed by atoms with Crippen molar-refractivity contribution < 1.29 is 9.53 Å². The number of amides is 1. The fourth-order valence-electron chi connectivity index (χ4n) is 1.58. The van der Waals surface area contributed by atoms with E-state index in [9.17, 15) is 4.79 Å². The zero-order chi connectivity index (χ0) is 12.3. The molecule has 2 aromatic rings. The lowest BCUT2D eigenvalue weighted by Crippen LogP contribution is -2.07. The number of carbonyl (C=O) groups is 1. The van der Waals surface area contributed by atoms with Crippen molar-refractivity contribution in [3.8, 4) is 17.0 Å². The predicted octanol–water partition coefficient (Wildman–Crippen LogP) is 2.47. The van der Waals surface area contributed by atoms with E-state index >= 15 is 0 Å². The predicted molar refractivity (Wildman–Crippen MR) is 72.1 cm³/mol. The second-order valence-corrected chi connectivity index (χ2v) is 3.57. The Morgan fingerprint density at radius 3 is 2.72 bits per heavy atom. The molecule has 1 aromatic heterocycles. The number of aromatic nitrogens is 2. The number of methoxy groups -OCH3 is 1. The number of anilines is 1. The van der Waals surface area contributed by atoms with Gasteiger partial charge in [-0.2, -0.15) is 5.10 Å². The first-order chi connectivity index (χ1) is 8.20. The maximum Gasteiger partial charge on any atom is 0.221 e. The molecule has 0 atom stereocenters. The fraction of sp³-hybridized carbons (Fsp3) is 0.167. The van der Waals surface area contributed by atoms with Crippen molar-refractivity contribution in [1.29, 1.82) is 0 Å². The van der Waals surface area contributed by atoms with Crippen molar-refractivity contribution in [3.63, 3.8) is 0 Å². The van der Waals surface area contributed by atoms with E-state index < -0.39 is 0 Å². The van der Waals surface area contributed by atoms with Crippen LogP contribution >= 0.6 is 12.4 Å². The van der Waals surface area contributed by atoms with Crippen LogP contribution in [0.4, 0.5) is 5.69 Å². The zero-order valence-corrected chi connectivity index (χ0v) is 10.9. The Bertz CT molecular complexity index is 526. The first-order valence-electron chi connectivity index (χ1n) is 5.16. The van der Waals surface area contributed by atoms with Crippen LogP contribution in [0.15, 0.2) is 30.5 Å². The lowest BCUT2D eigenvalue weighted by atomic mass is 10.1. The minimum atomic E-state index is -0.134. The van der Waals surface area contributed by atoms with Gasteiger partial charge in [-0.05, 0) is 24.3 Å². The fourth-order valence-corrected chi connectivity index (χ4v) is 1.58. The minimum absolute atomic E-state index is 0. The van der Waals surface area contributed by atoms with Gasteiger partial charge in [-0.25, -0.2) is 0 Å². The van der Waals surface area contributed by atoms with Gasteiger partial charge in [-0.15, -0.1) is 12.4 Å². The Hall–Kier alpha value is -2.01. The van der Waals surface area contributed by atoms with Gasteiger partial charge in [0, 0.05) is 18.7 Å². The monoisotopic (exact) mass is 267 g/mol. The van der Waals surface area contributed by atoms with Gasteiger partial charge in [0.25, 0.3) is 0 Å². The van der Waals surface area contributed by atoms with Crippen LogP contribution < -0.4 is 10.1 Å². The molecule has 0 fully saturated rings. The van der Waals surface area contributed by atoms with E-state index in [1.807, 2.05) is 18.2 Å². The molecule has 0 bridgehead atoms. The summed E-state index contributed by atoms with van der Waals surface area (Å²) in [7, 11) is 1.57. The number of halogens is 1. The molecule has 1 amide bonds. The van der Waals surface area contributed by atoms with E-state index in [0.29, 0.717) is 11.4 Å². The molecule has 5 nitrogen and oxygen atoms in total. The molecule has 0 spiro atoms. The quantitative estimate of drug-likeness (QED) is 0.898. The van der Waals surface area contributed by atoms with E-state index in [1.54, 1.807) is 19.4 Å². The smallest absolute Gasteiger partial charge is 0.221 e. The highest BCUT2D eigenvalue weighted by Crippen LogP contribution is 2.29. The molecule has 0 radical (unpaired) electrons. The molecule has 18 heavy (non-hydrogen) atoms. The Morgan fingerprint density at radius 2 is 2.17 bits per heavy atom. The van der Waals surface area contributed by atoms with Crippen LogP contribution in [-0.2, 0) is 4.79 Å². The van der Waals surface area contributed by atoms with Gasteiger partial charge in [0.2, 0.25) is 5.91 Å². The Labute approximate surface area is 111 Å². The summed E-state index contributed by atoms with van der Waals surface area (Å²) in [5.41, 5.74) is 2.47. The van der Waals surface area contributed by atoms with Gasteiger partial charge in [-0.3, -0.25) is 9.89 Å². The number of nitrogens with one attached hydrogen (secondary N) is 2. The minimum Gasteiger partial charge on any atom is -0.495 e. The molecule has 96 valence electrons. The third-order valence-corrected chi connectivity index (χ3v) is 2.32. The summed E-state index contributed by atoms with van der Waals surface area (Å²) in [5, 5.41) is 9.48. The number of hydrogen-bond acceptors (Lipinski definition) is 3. The molecule has 2 N–H and O–H groups in total. The number of nitrogens with zero attached hydrogens (tertiary/aromatic N) is 1. The summed E-state index contributed by atoms with van der Waals surface area (Å²) in [6, 6.07) is 7.41. The Morgan fingerprint density at radius 1 is 1.39 bits per heavy atom. The van der Waals surface area contributed by atoms with Gasteiger partial charge >= 0.3 is 0 Å². The summed E-state index contributed by atoms with van der Waals surface area (Å²) in [6.07, 6.45) is 1.68. The van der Waals surface area contributed by atoms with Gasteiger partial charge in [0.1, 0.15) is 5.75 Å². The highest BCUT2D eigenvalue weighted by molar-refractivity contribution is 5.91. The highest BCUT2D eigenvalue weighted by atomic mass is 35.5. The van der Waals surface area contributed by atoms with E-state index in [-0.39, 0.29) is 18.3 Å². The largest absolute Gasteiger partial charge is 0.495 e. The molecule has 1 aromatic carbocycles. The van der Waals surface area contributed by atoms with E-state index in [1.165, 1.54) is 6.92 Å². The summed E-state index contributed by atoms with van der Waals surface area (Å²) >= 11 is 0. The third kappa shape index (κ3) is 3.01. The molecule has 0 unspecified atom stereocenters. The van der Waals surface area contributed by atoms with Crippen LogP contribution in [0.2, 0.25) is 0 Å². The first-order valence-corrected chi connectivity index (χ1v) is 5.16. The van der Waals surface area contributed by atoms with Crippen LogP contribution in [0.1, 0.15) is 6.92 Å². The van der Waals surface area contributed by atoms with Crippen LogP contribution in [0.5, 0.6) is 5.75 Å². The summed E-state index contributed by atoms with van der Waals surface area (Å²) < 4.78 is 5.18. The van der Waals surface area contributed by atoms with Crippen molar-refractivity contribution in [1.82, 2.24) is 10.2 Å². The number of hydrogen-bond donors (Lipinski definition) is 2. The lowest BCUT2D eigenvalue weighted by molar-refractivity contribution is -0.114. The molecular weight excluding hydrogens is 254 g/mol. The molecule has 2 rings (SSSR count). The number of aromatic amines is 1. The number of carbonyl (C=O) groups excluding carboxylic acids is 1. The summed E-state index contributed by atoms with van der Waals surface area (Å²) in [5.74, 6) is 0.494. The maximum absolute atomic E-state index is 11.1. The second kappa shape index (κ2) is 6.07. The van der Waals surface area contributed by atoms with Gasteiger partial charge in [-0.1, -0.05) is 0 Å². The van der Waals surface area contributed by atoms with Gasteiger partial charge in [0.15, 0.2) is 0 Å². The number of rotatable bonds is 3. The average molecular weight is 268 g/mol. The van der Waals surface area contributed by atoms with Crippen LogP contribution in [0, 0.1) is 0 Å². The highest BCUT2D eigenvalue weighted by Gasteiger charge is 2.07. The molecule has 0 saturated carbocycles. The topological polar surface area (TPSA) is 67.0 Å². The van der Waals surface area contributed by atoms with Crippen LogP contribution in [-0.4, -0.2) is 23.2 Å². The average Bonchev–Trinajstić information content (AvgIpc) is 2.81. The van der Waals surface area contributed by atoms with E-state index in [0.717, 1.165) is 11.3 Å². The molecule has 0 aliphatic carbocycles. The van der Waals surface area contributed by atoms with Crippen LogP contribution in [0.25, 0.3) is 11.3 Å². The molecule has 1 heterocycles. The summed E-state index contributed by atoms with van der Waals surface area (Å²) in [4.78, 5) is 11.1. The van der Waals surface area contributed by atoms with Crippen molar-refractivity contribution in [2.45, 2.75) is 6.92 Å². The molecule has 0 saturated heterocycles. The first kappa shape index (κ1) is 14.1. The molecule has 6 heteroatoms. The van der Waals surface area contributed by atoms with Crippen molar-refractivity contribution >= 4 is 24.0 Å². The number of ether oxygens (including phenoxy) is 1. The normalized spacial score (nSPS) is 9.44. The standard InChI is InChI=1S/C12H13N3O2.ClH/c1-8(16)14-11-7-9(3-4-12(11)17-2)10-5-6-13-15-10;/h3-7H,1-2H3,(H,13,15)(H,14,16);1H. The van der Waals surface area contributed by atoms with Crippen molar-refractivity contribution in [3.05, 3.63) is 30.5 Å². The van der Waals surface area contributed by atoms with Crippen LogP contribution in [0.3, 0.4) is 0 Å². The Balaban J connectivity index is 0.00000162. The summed E-state index contributed by atoms with van der Waals surface area (Å²) in [6.45, 7) is 1.46. The SMILES string of the molecule is COc1ccc(-c2ccn[nH]2)cc1NC(C)=O.Cl. The van der Waals surface area contributed by atoms with Crippen molar-refractivity contribution in [2.75, 3.05) is 12.4 Å². The Kier molecular flexibility index (Phi) is 4.74. The number of H-pyrrole nitrogens is 1. The molecular formula is C12H14ClN3O2. The van der Waals surface area contributed by atoms with Gasteiger partial charge < -0.3 is 10.1 Å². The second-order valence-electron chi connectivity index (χ2n) is 3.57. The van der Waals surface area contributed by atoms with Crippen molar-refractivity contribution in [2.24, 2.45) is 0 Å². The third-order valence-electron chi connectivity index (χ3n) is 2.32.